The molecule has 2 saturated heterocycles. The summed E-state index contributed by atoms with van der Waals surface area (Å²) in [6, 6.07) is 17.2. The molecule has 0 bridgehead atoms. The first-order chi connectivity index (χ1) is 19.8. The lowest BCUT2D eigenvalue weighted by Gasteiger charge is -2.36. The summed E-state index contributed by atoms with van der Waals surface area (Å²) in [4.78, 5) is 23.9. The number of rotatable bonds is 9. The van der Waals surface area contributed by atoms with Gasteiger partial charge in [-0.05, 0) is 68.1 Å². The molecule has 0 saturated carbocycles. The first-order valence-electron chi connectivity index (χ1n) is 14.2. The fraction of sp³-hybridized carbons (Fsp3) is 0.406. The molecule has 2 aliphatic rings. The minimum atomic E-state index is -0.931. The zero-order valence-corrected chi connectivity index (χ0v) is 24.2. The van der Waals surface area contributed by atoms with Gasteiger partial charge in [0.15, 0.2) is 0 Å². The fourth-order valence-corrected chi connectivity index (χ4v) is 6.21. The molecule has 2 fully saturated rings. The highest BCUT2D eigenvalue weighted by Gasteiger charge is 2.30. The van der Waals surface area contributed by atoms with Gasteiger partial charge in [-0.15, -0.1) is 0 Å². The van der Waals surface area contributed by atoms with Crippen LogP contribution in [0.25, 0.3) is 11.0 Å². The number of piperidine rings is 1. The Bertz CT molecular complexity index is 1570. The molecule has 0 aliphatic carbocycles. The Balaban J connectivity index is 1.14. The number of ether oxygens (including phenoxy) is 2. The van der Waals surface area contributed by atoms with Crippen LogP contribution in [0.15, 0.2) is 54.6 Å². The van der Waals surface area contributed by atoms with Crippen LogP contribution >= 0.6 is 11.6 Å². The van der Waals surface area contributed by atoms with Crippen molar-refractivity contribution in [2.45, 2.75) is 58.4 Å². The number of benzene rings is 2. The lowest BCUT2D eigenvalue weighted by Crippen LogP contribution is -2.39. The normalized spacial score (nSPS) is 21.1. The van der Waals surface area contributed by atoms with Gasteiger partial charge in [-0.25, -0.2) is 14.8 Å². The van der Waals surface area contributed by atoms with Crippen LogP contribution in [0.4, 0.5) is 0 Å². The van der Waals surface area contributed by atoms with Gasteiger partial charge >= 0.3 is 5.97 Å². The largest absolute Gasteiger partial charge is 0.478 e. The Morgan fingerprint density at radius 1 is 1.15 bits per heavy atom. The van der Waals surface area contributed by atoms with Gasteiger partial charge in [0, 0.05) is 41.4 Å². The monoisotopic (exact) mass is 574 g/mol. The number of fused-ring (bicyclic) bond motifs is 1. The van der Waals surface area contributed by atoms with E-state index in [-0.39, 0.29) is 11.7 Å². The average molecular weight is 575 g/mol. The van der Waals surface area contributed by atoms with Crippen molar-refractivity contribution in [1.29, 1.82) is 0 Å². The molecule has 4 heterocycles. The molecule has 0 spiro atoms. The van der Waals surface area contributed by atoms with E-state index >= 15 is 0 Å². The maximum absolute atomic E-state index is 11.6. The highest BCUT2D eigenvalue weighted by atomic mass is 35.5. The predicted octanol–water partition coefficient (Wildman–Crippen LogP) is 6.08. The number of halogens is 1. The van der Waals surface area contributed by atoms with Crippen molar-refractivity contribution in [3.8, 4) is 5.88 Å². The summed E-state index contributed by atoms with van der Waals surface area (Å²) >= 11 is 6.39. The number of carboxylic acids is 1. The van der Waals surface area contributed by atoms with E-state index in [1.807, 2.05) is 43.3 Å². The Hall–Kier alpha value is -3.46. The van der Waals surface area contributed by atoms with E-state index in [0.717, 1.165) is 66.2 Å². The van der Waals surface area contributed by atoms with E-state index in [1.165, 1.54) is 0 Å². The molecule has 2 aromatic carbocycles. The third-order valence-corrected chi connectivity index (χ3v) is 8.67. The molecule has 0 radical (unpaired) electrons. The van der Waals surface area contributed by atoms with E-state index in [1.54, 1.807) is 12.1 Å². The molecular formula is C32H35ClN4O4. The molecule has 4 aromatic rings. The van der Waals surface area contributed by atoms with Crippen molar-refractivity contribution in [2.75, 3.05) is 19.7 Å². The van der Waals surface area contributed by atoms with Crippen molar-refractivity contribution in [3.63, 3.8) is 0 Å². The van der Waals surface area contributed by atoms with Crippen LogP contribution in [-0.4, -0.2) is 56.3 Å². The first-order valence-corrected chi connectivity index (χ1v) is 14.6. The van der Waals surface area contributed by atoms with Gasteiger partial charge in [0.2, 0.25) is 5.88 Å². The molecule has 9 heteroatoms. The van der Waals surface area contributed by atoms with Gasteiger partial charge in [-0.2, -0.15) is 0 Å². The quantitative estimate of drug-likeness (QED) is 0.259. The van der Waals surface area contributed by atoms with E-state index in [9.17, 15) is 9.90 Å². The summed E-state index contributed by atoms with van der Waals surface area (Å²) in [5.41, 5.74) is 5.07. The summed E-state index contributed by atoms with van der Waals surface area (Å²) in [6.45, 7) is 8.68. The highest BCUT2D eigenvalue weighted by molar-refractivity contribution is 6.31. The number of nitrogens with zero attached hydrogens (tertiary/aromatic N) is 4. The molecule has 1 unspecified atom stereocenters. The first kappa shape index (κ1) is 27.7. The third-order valence-electron chi connectivity index (χ3n) is 8.32. The Morgan fingerprint density at radius 2 is 2.00 bits per heavy atom. The van der Waals surface area contributed by atoms with Crippen LogP contribution in [0.5, 0.6) is 5.88 Å². The number of hydrogen-bond acceptors (Lipinski definition) is 6. The van der Waals surface area contributed by atoms with Crippen molar-refractivity contribution in [1.82, 2.24) is 19.4 Å². The molecule has 214 valence electrons. The zero-order chi connectivity index (χ0) is 28.5. The van der Waals surface area contributed by atoms with Gasteiger partial charge in [0.25, 0.3) is 0 Å². The second-order valence-corrected chi connectivity index (χ2v) is 11.7. The van der Waals surface area contributed by atoms with Gasteiger partial charge in [0.1, 0.15) is 12.4 Å². The van der Waals surface area contributed by atoms with Crippen LogP contribution in [0, 0.1) is 12.8 Å². The maximum atomic E-state index is 11.6. The van der Waals surface area contributed by atoms with Crippen molar-refractivity contribution in [3.05, 3.63) is 87.8 Å². The SMILES string of the molecule is Cc1ccc(COc2cccc(C3CCN(Cc4nc5ccc(C(=O)O)cc5n4C[C@@H]4CCO4)C[C@@H]3C)n2)c(Cl)c1. The molecule has 8 nitrogen and oxygen atoms in total. The maximum Gasteiger partial charge on any atom is 0.335 e. The van der Waals surface area contributed by atoms with Crippen LogP contribution in [0.3, 0.4) is 0 Å². The number of likely N-dealkylation sites (tertiary alicyclic amines) is 1. The number of aromatic carboxylic acids is 1. The van der Waals surface area contributed by atoms with E-state index < -0.39 is 5.97 Å². The summed E-state index contributed by atoms with van der Waals surface area (Å²) < 4.78 is 13.9. The molecule has 2 aromatic heterocycles. The number of carbonyl (C=O) groups is 1. The summed E-state index contributed by atoms with van der Waals surface area (Å²) in [7, 11) is 0. The Morgan fingerprint density at radius 3 is 2.73 bits per heavy atom. The van der Waals surface area contributed by atoms with Gasteiger partial charge in [0.05, 0.1) is 35.8 Å². The minimum Gasteiger partial charge on any atom is -0.478 e. The summed E-state index contributed by atoms with van der Waals surface area (Å²) in [5.74, 6) is 1.36. The predicted molar refractivity (Wildman–Crippen MR) is 158 cm³/mol. The average Bonchev–Trinajstić information content (AvgIpc) is 3.26. The van der Waals surface area contributed by atoms with Gasteiger partial charge in [-0.3, -0.25) is 4.90 Å². The van der Waals surface area contributed by atoms with Crippen LogP contribution in [-0.2, 0) is 24.4 Å². The second kappa shape index (κ2) is 11.8. The number of hydrogen-bond donors (Lipinski definition) is 1. The number of carboxylic acid groups (broad SMARTS) is 1. The molecule has 3 atom stereocenters. The minimum absolute atomic E-state index is 0.145. The highest BCUT2D eigenvalue weighted by Crippen LogP contribution is 2.34. The summed E-state index contributed by atoms with van der Waals surface area (Å²) in [6.07, 6.45) is 2.14. The van der Waals surface area contributed by atoms with E-state index in [2.05, 4.69) is 22.5 Å². The molecule has 0 amide bonds. The Labute approximate surface area is 244 Å². The lowest BCUT2D eigenvalue weighted by molar-refractivity contribution is -0.0592. The van der Waals surface area contributed by atoms with Crippen LogP contribution in [0.2, 0.25) is 5.02 Å². The molecular weight excluding hydrogens is 540 g/mol. The van der Waals surface area contributed by atoms with Crippen LogP contribution in [0.1, 0.15) is 58.7 Å². The van der Waals surface area contributed by atoms with Crippen LogP contribution < -0.4 is 4.74 Å². The molecule has 41 heavy (non-hydrogen) atoms. The lowest BCUT2D eigenvalue weighted by atomic mass is 9.84. The van der Waals surface area contributed by atoms with Gasteiger partial charge < -0.3 is 19.1 Å². The number of pyridine rings is 1. The topological polar surface area (TPSA) is 89.7 Å². The van der Waals surface area contributed by atoms with Crippen molar-refractivity contribution < 1.29 is 19.4 Å². The zero-order valence-electron chi connectivity index (χ0n) is 23.4. The van der Waals surface area contributed by atoms with Crippen molar-refractivity contribution in [2.24, 2.45) is 5.92 Å². The van der Waals surface area contributed by atoms with E-state index in [4.69, 9.17) is 31.0 Å². The second-order valence-electron chi connectivity index (χ2n) is 11.3. The van der Waals surface area contributed by atoms with Crippen molar-refractivity contribution >= 4 is 28.6 Å². The number of aryl methyl sites for hydroxylation is 1. The smallest absolute Gasteiger partial charge is 0.335 e. The number of aromatic nitrogens is 3. The molecule has 1 N–H and O–H groups in total. The standard InChI is InChI=1S/C32H35ClN4O4/c1-20-6-7-23(26(33)14-20)19-41-31-5-3-4-27(35-31)25-10-12-36(16-21(25)2)18-30-34-28-9-8-22(32(38)39)15-29(28)37(30)17-24-11-13-40-24/h3-9,14-15,21,24-25H,10-13,16-19H2,1-2H3,(H,38,39)/t21-,24-,25?/m0/s1. The van der Waals surface area contributed by atoms with E-state index in [0.29, 0.717) is 42.4 Å². The van der Waals surface area contributed by atoms with Gasteiger partial charge in [-0.1, -0.05) is 36.7 Å². The number of imidazole rings is 1. The summed E-state index contributed by atoms with van der Waals surface area (Å²) in [5, 5.41) is 10.2. The third kappa shape index (κ3) is 6.10. The molecule has 6 rings (SSSR count). The Kier molecular flexibility index (Phi) is 7.97. The molecule has 2 aliphatic heterocycles. The fourth-order valence-electron chi connectivity index (χ4n) is 5.92.